The maximum Gasteiger partial charge on any atom is 0.293 e. The van der Waals surface area contributed by atoms with Gasteiger partial charge in [0.15, 0.2) is 11.5 Å². The van der Waals surface area contributed by atoms with Crippen molar-refractivity contribution in [1.82, 2.24) is 4.90 Å². The second kappa shape index (κ2) is 10.7. The van der Waals surface area contributed by atoms with Crippen LogP contribution in [-0.2, 0) is 11.4 Å². The summed E-state index contributed by atoms with van der Waals surface area (Å²) in [6, 6.07) is 11.5. The SMILES string of the molecule is COc1cc(/C=C2/SC(=O)N(CC3CCCCC3)C2=O)ccc1OCc1cccc([N+](=O)[O-])c1. The van der Waals surface area contributed by atoms with E-state index in [4.69, 9.17) is 9.47 Å². The van der Waals surface area contributed by atoms with Gasteiger partial charge in [-0.25, -0.2) is 0 Å². The van der Waals surface area contributed by atoms with Crippen LogP contribution in [0.2, 0.25) is 0 Å². The van der Waals surface area contributed by atoms with E-state index < -0.39 is 4.92 Å². The van der Waals surface area contributed by atoms with E-state index in [-0.39, 0.29) is 23.4 Å². The number of rotatable bonds is 8. The van der Waals surface area contributed by atoms with E-state index in [1.54, 1.807) is 36.4 Å². The van der Waals surface area contributed by atoms with Crippen LogP contribution in [0.25, 0.3) is 6.08 Å². The van der Waals surface area contributed by atoms with Gasteiger partial charge in [0.25, 0.3) is 16.8 Å². The van der Waals surface area contributed by atoms with Crippen LogP contribution in [0.15, 0.2) is 47.4 Å². The van der Waals surface area contributed by atoms with Crippen LogP contribution in [0.5, 0.6) is 11.5 Å². The third kappa shape index (κ3) is 5.59. The van der Waals surface area contributed by atoms with E-state index in [2.05, 4.69) is 0 Å². The Hall–Kier alpha value is -3.33. The highest BCUT2D eigenvalue weighted by molar-refractivity contribution is 8.18. The van der Waals surface area contributed by atoms with Gasteiger partial charge >= 0.3 is 0 Å². The molecule has 2 amide bonds. The number of non-ortho nitro benzene ring substituents is 1. The van der Waals surface area contributed by atoms with E-state index in [1.165, 1.54) is 30.6 Å². The molecule has 0 spiro atoms. The Morgan fingerprint density at radius 2 is 1.91 bits per heavy atom. The number of nitrogens with zero attached hydrogens (tertiary/aromatic N) is 2. The van der Waals surface area contributed by atoms with Crippen LogP contribution in [-0.4, -0.2) is 34.6 Å². The molecule has 0 unspecified atom stereocenters. The molecular formula is C25H26N2O6S. The number of amides is 2. The standard InChI is InChI=1S/C25H26N2O6S/c1-32-22-13-18(10-11-21(22)33-16-19-8-5-9-20(12-19)27(30)31)14-23-24(28)26(25(29)34-23)15-17-6-3-2-4-7-17/h5,8-14,17H,2-4,6-7,15-16H2,1H3/b23-14+. The summed E-state index contributed by atoms with van der Waals surface area (Å²) in [6.07, 6.45) is 7.37. The van der Waals surface area contributed by atoms with Gasteiger partial charge in [-0.1, -0.05) is 37.5 Å². The summed E-state index contributed by atoms with van der Waals surface area (Å²) in [6.45, 7) is 0.632. The Morgan fingerprint density at radius 1 is 1.12 bits per heavy atom. The smallest absolute Gasteiger partial charge is 0.293 e. The highest BCUT2D eigenvalue weighted by Crippen LogP contribution is 2.36. The molecule has 1 heterocycles. The van der Waals surface area contributed by atoms with Gasteiger partial charge in [0, 0.05) is 18.7 Å². The molecule has 9 heteroatoms. The number of imide groups is 1. The molecule has 0 bridgehead atoms. The van der Waals surface area contributed by atoms with Crippen molar-refractivity contribution in [3.8, 4) is 11.5 Å². The topological polar surface area (TPSA) is 99.0 Å². The molecule has 0 N–H and O–H groups in total. The number of carbonyl (C=O) groups excluding carboxylic acids is 2. The number of methoxy groups -OCH3 is 1. The molecule has 2 aliphatic rings. The highest BCUT2D eigenvalue weighted by atomic mass is 32.2. The van der Waals surface area contributed by atoms with Crippen molar-refractivity contribution in [2.45, 2.75) is 38.7 Å². The predicted octanol–water partition coefficient (Wildman–Crippen LogP) is 5.80. The molecule has 2 aromatic carbocycles. The third-order valence-corrected chi connectivity index (χ3v) is 6.95. The molecule has 0 radical (unpaired) electrons. The lowest BCUT2D eigenvalue weighted by Gasteiger charge is -2.25. The van der Waals surface area contributed by atoms with Crippen LogP contribution >= 0.6 is 11.8 Å². The number of carbonyl (C=O) groups is 2. The number of hydrogen-bond donors (Lipinski definition) is 0. The number of nitro benzene ring substituents is 1. The minimum atomic E-state index is -0.449. The quantitative estimate of drug-likeness (QED) is 0.266. The fraction of sp³-hybridized carbons (Fsp3) is 0.360. The molecule has 2 aromatic rings. The second-order valence-electron chi connectivity index (χ2n) is 8.42. The fourth-order valence-corrected chi connectivity index (χ4v) is 5.10. The number of benzene rings is 2. The average Bonchev–Trinajstić information content (AvgIpc) is 3.11. The van der Waals surface area contributed by atoms with Crippen molar-refractivity contribution in [1.29, 1.82) is 0 Å². The first-order valence-electron chi connectivity index (χ1n) is 11.2. The van der Waals surface area contributed by atoms with E-state index in [1.807, 2.05) is 0 Å². The van der Waals surface area contributed by atoms with Gasteiger partial charge < -0.3 is 9.47 Å². The van der Waals surface area contributed by atoms with Crippen molar-refractivity contribution in [2.75, 3.05) is 13.7 Å². The summed E-state index contributed by atoms with van der Waals surface area (Å²) in [5.41, 5.74) is 1.37. The van der Waals surface area contributed by atoms with Gasteiger partial charge in [-0.3, -0.25) is 24.6 Å². The highest BCUT2D eigenvalue weighted by Gasteiger charge is 2.36. The van der Waals surface area contributed by atoms with E-state index in [9.17, 15) is 19.7 Å². The number of thioether (sulfide) groups is 1. The van der Waals surface area contributed by atoms with Crippen LogP contribution in [0.3, 0.4) is 0 Å². The van der Waals surface area contributed by atoms with Crippen molar-refractivity contribution in [3.05, 3.63) is 68.6 Å². The van der Waals surface area contributed by atoms with Crippen molar-refractivity contribution >= 4 is 34.7 Å². The molecule has 0 aromatic heterocycles. The Labute approximate surface area is 202 Å². The minimum Gasteiger partial charge on any atom is -0.493 e. The van der Waals surface area contributed by atoms with Crippen molar-refractivity contribution in [2.24, 2.45) is 5.92 Å². The summed E-state index contributed by atoms with van der Waals surface area (Å²) in [7, 11) is 1.51. The lowest BCUT2D eigenvalue weighted by Crippen LogP contribution is -2.34. The summed E-state index contributed by atoms with van der Waals surface area (Å²) >= 11 is 0.965. The Balaban J connectivity index is 1.44. The molecule has 1 saturated heterocycles. The van der Waals surface area contributed by atoms with Gasteiger partial charge in [-0.05, 0) is 59.9 Å². The normalized spacial score (nSPS) is 17.9. The summed E-state index contributed by atoms with van der Waals surface area (Å²) in [5, 5.41) is 10.7. The van der Waals surface area contributed by atoms with Crippen LogP contribution < -0.4 is 9.47 Å². The number of ether oxygens (including phenoxy) is 2. The monoisotopic (exact) mass is 482 g/mol. The number of hydrogen-bond acceptors (Lipinski definition) is 7. The first-order chi connectivity index (χ1) is 16.4. The van der Waals surface area contributed by atoms with E-state index in [0.717, 1.165) is 37.4 Å². The second-order valence-corrected chi connectivity index (χ2v) is 9.42. The van der Waals surface area contributed by atoms with Crippen LogP contribution in [0.4, 0.5) is 10.5 Å². The van der Waals surface area contributed by atoms with Crippen molar-refractivity contribution < 1.29 is 24.0 Å². The third-order valence-electron chi connectivity index (χ3n) is 6.04. The Kier molecular flexibility index (Phi) is 7.52. The summed E-state index contributed by atoms with van der Waals surface area (Å²) < 4.78 is 11.2. The Morgan fingerprint density at radius 3 is 2.65 bits per heavy atom. The first kappa shape index (κ1) is 23.8. The zero-order valence-corrected chi connectivity index (χ0v) is 19.7. The molecule has 2 fully saturated rings. The van der Waals surface area contributed by atoms with Crippen LogP contribution in [0, 0.1) is 16.0 Å². The van der Waals surface area contributed by atoms with Gasteiger partial charge in [0.1, 0.15) is 6.61 Å². The van der Waals surface area contributed by atoms with Gasteiger partial charge in [-0.2, -0.15) is 0 Å². The minimum absolute atomic E-state index is 0.000784. The maximum atomic E-state index is 12.9. The zero-order valence-electron chi connectivity index (χ0n) is 18.9. The fourth-order valence-electron chi connectivity index (χ4n) is 4.25. The van der Waals surface area contributed by atoms with E-state index >= 15 is 0 Å². The molecule has 178 valence electrons. The summed E-state index contributed by atoms with van der Waals surface area (Å²) in [4.78, 5) is 37.6. The van der Waals surface area contributed by atoms with Gasteiger partial charge in [0.05, 0.1) is 16.9 Å². The van der Waals surface area contributed by atoms with Gasteiger partial charge in [0.2, 0.25) is 0 Å². The molecular weight excluding hydrogens is 456 g/mol. The summed E-state index contributed by atoms with van der Waals surface area (Å²) in [5.74, 6) is 1.08. The Bertz CT molecular complexity index is 1130. The molecule has 1 aliphatic heterocycles. The molecule has 1 saturated carbocycles. The van der Waals surface area contributed by atoms with E-state index in [0.29, 0.717) is 40.0 Å². The lowest BCUT2D eigenvalue weighted by molar-refractivity contribution is -0.384. The zero-order chi connectivity index (χ0) is 24.1. The van der Waals surface area contributed by atoms with Gasteiger partial charge in [-0.15, -0.1) is 0 Å². The molecule has 34 heavy (non-hydrogen) atoms. The largest absolute Gasteiger partial charge is 0.493 e. The van der Waals surface area contributed by atoms with Crippen LogP contribution in [0.1, 0.15) is 43.2 Å². The maximum absolute atomic E-state index is 12.9. The number of nitro groups is 1. The molecule has 1 aliphatic carbocycles. The average molecular weight is 483 g/mol. The molecule has 8 nitrogen and oxygen atoms in total. The molecule has 0 atom stereocenters. The lowest BCUT2D eigenvalue weighted by atomic mass is 9.89. The predicted molar refractivity (Wildman–Crippen MR) is 130 cm³/mol. The first-order valence-corrected chi connectivity index (χ1v) is 12.1. The van der Waals surface area contributed by atoms with Crippen molar-refractivity contribution in [3.63, 3.8) is 0 Å². The molecule has 4 rings (SSSR count).